The monoisotopic (exact) mass is 405 g/mol. The molecule has 5 nitrogen and oxygen atoms in total. The number of para-hydroxylation sites is 2. The fourth-order valence-electron chi connectivity index (χ4n) is 2.89. The van der Waals surface area contributed by atoms with Gasteiger partial charge >= 0.3 is 0 Å². The van der Waals surface area contributed by atoms with Crippen molar-refractivity contribution in [3.05, 3.63) is 84.6 Å². The SMILES string of the molecule is C[C@@H](Oc1ccc(-c2cnc3ccccc3n2)cc1)C(=O)Nc1cc(F)ccc1F. The second-order valence-electron chi connectivity index (χ2n) is 6.64. The molecule has 0 aliphatic rings. The lowest BCUT2D eigenvalue weighted by molar-refractivity contribution is -0.122. The summed E-state index contributed by atoms with van der Waals surface area (Å²) in [5.74, 6) is -1.51. The summed E-state index contributed by atoms with van der Waals surface area (Å²) in [6, 6.07) is 17.5. The van der Waals surface area contributed by atoms with Crippen LogP contribution in [0.4, 0.5) is 14.5 Å². The summed E-state index contributed by atoms with van der Waals surface area (Å²) in [7, 11) is 0. The smallest absolute Gasteiger partial charge is 0.265 e. The molecule has 0 aliphatic heterocycles. The van der Waals surface area contributed by atoms with Crippen molar-refractivity contribution in [2.75, 3.05) is 5.32 Å². The molecule has 1 heterocycles. The molecule has 0 unspecified atom stereocenters. The third kappa shape index (κ3) is 4.25. The summed E-state index contributed by atoms with van der Waals surface area (Å²) in [5, 5.41) is 2.33. The molecule has 3 aromatic carbocycles. The molecule has 150 valence electrons. The van der Waals surface area contributed by atoms with Crippen LogP contribution in [-0.2, 0) is 4.79 Å². The number of hydrogen-bond donors (Lipinski definition) is 1. The number of nitrogens with zero attached hydrogens (tertiary/aromatic N) is 2. The minimum atomic E-state index is -0.918. The molecule has 1 atom stereocenters. The van der Waals surface area contributed by atoms with Crippen molar-refractivity contribution in [3.8, 4) is 17.0 Å². The molecular formula is C23H17F2N3O2. The van der Waals surface area contributed by atoms with E-state index < -0.39 is 23.6 Å². The van der Waals surface area contributed by atoms with Gasteiger partial charge in [0.15, 0.2) is 6.10 Å². The van der Waals surface area contributed by atoms with Gasteiger partial charge in [0.05, 0.1) is 28.6 Å². The first-order chi connectivity index (χ1) is 14.5. The van der Waals surface area contributed by atoms with Gasteiger partial charge in [-0.15, -0.1) is 0 Å². The lowest BCUT2D eigenvalue weighted by atomic mass is 10.1. The maximum atomic E-state index is 13.7. The summed E-state index contributed by atoms with van der Waals surface area (Å²) in [6.45, 7) is 1.52. The normalized spacial score (nSPS) is 11.8. The Bertz CT molecular complexity index is 1210. The first kappa shape index (κ1) is 19.4. The molecule has 4 aromatic rings. The van der Waals surface area contributed by atoms with Crippen molar-refractivity contribution in [3.63, 3.8) is 0 Å². The number of rotatable bonds is 5. The van der Waals surface area contributed by atoms with Crippen molar-refractivity contribution in [2.45, 2.75) is 13.0 Å². The Morgan fingerprint density at radius 2 is 1.73 bits per heavy atom. The summed E-state index contributed by atoms with van der Waals surface area (Å²) in [4.78, 5) is 21.2. The zero-order valence-corrected chi connectivity index (χ0v) is 16.0. The maximum Gasteiger partial charge on any atom is 0.265 e. The maximum absolute atomic E-state index is 13.7. The van der Waals surface area contributed by atoms with Gasteiger partial charge in [0.2, 0.25) is 0 Å². The fraction of sp³-hybridized carbons (Fsp3) is 0.0870. The number of amides is 1. The van der Waals surface area contributed by atoms with E-state index in [0.717, 1.165) is 34.8 Å². The molecule has 0 spiro atoms. The predicted octanol–water partition coefficient (Wildman–Crippen LogP) is 4.98. The number of benzene rings is 3. The number of anilines is 1. The van der Waals surface area contributed by atoms with Gasteiger partial charge < -0.3 is 10.1 Å². The van der Waals surface area contributed by atoms with Crippen molar-refractivity contribution in [2.24, 2.45) is 0 Å². The fourth-order valence-corrected chi connectivity index (χ4v) is 2.89. The van der Waals surface area contributed by atoms with E-state index in [0.29, 0.717) is 11.4 Å². The molecule has 0 aliphatic carbocycles. The van der Waals surface area contributed by atoms with Gasteiger partial charge in [0.25, 0.3) is 5.91 Å². The van der Waals surface area contributed by atoms with Gasteiger partial charge in [0, 0.05) is 11.6 Å². The van der Waals surface area contributed by atoms with Crippen molar-refractivity contribution in [1.82, 2.24) is 9.97 Å². The highest BCUT2D eigenvalue weighted by Crippen LogP contribution is 2.23. The standard InChI is InChI=1S/C23H17F2N3O2/c1-14(23(29)28-21-12-16(24)8-11-18(21)25)30-17-9-6-15(7-10-17)22-13-26-19-4-2-3-5-20(19)27-22/h2-14H,1H3,(H,28,29)/t14-/m1/s1. The van der Waals surface area contributed by atoms with Gasteiger partial charge in [-0.2, -0.15) is 0 Å². The third-order valence-electron chi connectivity index (χ3n) is 4.47. The molecule has 0 fully saturated rings. The van der Waals surface area contributed by atoms with E-state index in [1.807, 2.05) is 36.4 Å². The third-order valence-corrected chi connectivity index (χ3v) is 4.47. The lowest BCUT2D eigenvalue weighted by Gasteiger charge is -2.15. The molecule has 1 N–H and O–H groups in total. The highest BCUT2D eigenvalue weighted by Gasteiger charge is 2.17. The zero-order valence-electron chi connectivity index (χ0n) is 16.0. The van der Waals surface area contributed by atoms with E-state index in [1.165, 1.54) is 6.92 Å². The van der Waals surface area contributed by atoms with E-state index in [-0.39, 0.29) is 5.69 Å². The van der Waals surface area contributed by atoms with E-state index in [2.05, 4.69) is 15.3 Å². The Labute approximate surface area is 171 Å². The molecule has 4 rings (SSSR count). The highest BCUT2D eigenvalue weighted by molar-refractivity contribution is 5.94. The largest absolute Gasteiger partial charge is 0.481 e. The molecule has 0 saturated carbocycles. The number of halogens is 2. The Balaban J connectivity index is 1.44. The number of fused-ring (bicyclic) bond motifs is 1. The van der Waals surface area contributed by atoms with Crippen molar-refractivity contribution in [1.29, 1.82) is 0 Å². The summed E-state index contributed by atoms with van der Waals surface area (Å²) >= 11 is 0. The quantitative estimate of drug-likeness (QED) is 0.509. The Morgan fingerprint density at radius 1 is 1.00 bits per heavy atom. The van der Waals surface area contributed by atoms with Crippen LogP contribution in [0.25, 0.3) is 22.3 Å². The number of aromatic nitrogens is 2. The first-order valence-electron chi connectivity index (χ1n) is 9.24. The van der Waals surface area contributed by atoms with Crippen LogP contribution < -0.4 is 10.1 Å². The Morgan fingerprint density at radius 3 is 2.50 bits per heavy atom. The van der Waals surface area contributed by atoms with Crippen LogP contribution in [0.1, 0.15) is 6.92 Å². The molecule has 1 amide bonds. The summed E-state index contributed by atoms with van der Waals surface area (Å²) < 4.78 is 32.6. The minimum absolute atomic E-state index is 0.235. The molecule has 0 bridgehead atoms. The molecule has 0 saturated heterocycles. The molecule has 1 aromatic heterocycles. The average Bonchev–Trinajstić information content (AvgIpc) is 2.76. The van der Waals surface area contributed by atoms with Crippen LogP contribution in [0.5, 0.6) is 5.75 Å². The zero-order chi connectivity index (χ0) is 21.1. The van der Waals surface area contributed by atoms with Gasteiger partial charge in [0.1, 0.15) is 17.4 Å². The van der Waals surface area contributed by atoms with Gasteiger partial charge in [-0.3, -0.25) is 9.78 Å². The number of hydrogen-bond acceptors (Lipinski definition) is 4. The summed E-state index contributed by atoms with van der Waals surface area (Å²) in [5.41, 5.74) is 2.94. The van der Waals surface area contributed by atoms with E-state index in [9.17, 15) is 13.6 Å². The van der Waals surface area contributed by atoms with Gasteiger partial charge in [-0.05, 0) is 55.5 Å². The van der Waals surface area contributed by atoms with Crippen LogP contribution in [0, 0.1) is 11.6 Å². The Kier molecular flexibility index (Phi) is 5.34. The first-order valence-corrected chi connectivity index (χ1v) is 9.24. The van der Waals surface area contributed by atoms with E-state index in [4.69, 9.17) is 4.74 Å². The second kappa shape index (κ2) is 8.24. The average molecular weight is 405 g/mol. The second-order valence-corrected chi connectivity index (χ2v) is 6.64. The van der Waals surface area contributed by atoms with Crippen molar-refractivity contribution < 1.29 is 18.3 Å². The van der Waals surface area contributed by atoms with Gasteiger partial charge in [-0.25, -0.2) is 13.8 Å². The summed E-state index contributed by atoms with van der Waals surface area (Å²) in [6.07, 6.45) is 0.779. The van der Waals surface area contributed by atoms with Crippen LogP contribution in [0.3, 0.4) is 0 Å². The van der Waals surface area contributed by atoms with Crippen LogP contribution in [-0.4, -0.2) is 22.0 Å². The number of ether oxygens (including phenoxy) is 1. The molecule has 30 heavy (non-hydrogen) atoms. The van der Waals surface area contributed by atoms with Crippen molar-refractivity contribution >= 4 is 22.6 Å². The Hall–Kier alpha value is -3.87. The lowest BCUT2D eigenvalue weighted by Crippen LogP contribution is -2.30. The van der Waals surface area contributed by atoms with Crippen LogP contribution >= 0.6 is 0 Å². The molecular weight excluding hydrogens is 388 g/mol. The molecule has 0 radical (unpaired) electrons. The predicted molar refractivity (Wildman–Crippen MR) is 110 cm³/mol. The number of carbonyl (C=O) groups is 1. The number of nitrogens with one attached hydrogen (secondary N) is 1. The van der Waals surface area contributed by atoms with E-state index in [1.54, 1.807) is 18.3 Å². The minimum Gasteiger partial charge on any atom is -0.481 e. The highest BCUT2D eigenvalue weighted by atomic mass is 19.1. The molecule has 7 heteroatoms. The van der Waals surface area contributed by atoms with Crippen LogP contribution in [0.15, 0.2) is 72.9 Å². The number of carbonyl (C=O) groups excluding carboxylic acids is 1. The van der Waals surface area contributed by atoms with Gasteiger partial charge in [-0.1, -0.05) is 12.1 Å². The van der Waals surface area contributed by atoms with E-state index >= 15 is 0 Å². The van der Waals surface area contributed by atoms with Crippen LogP contribution in [0.2, 0.25) is 0 Å². The topological polar surface area (TPSA) is 64.1 Å².